The lowest BCUT2D eigenvalue weighted by atomic mass is 9.90. The number of ether oxygens (including phenoxy) is 1. The van der Waals surface area contributed by atoms with E-state index >= 15 is 0 Å². The van der Waals surface area contributed by atoms with Crippen LogP contribution in [0.2, 0.25) is 0 Å². The smallest absolute Gasteiger partial charge is 0.0531 e. The van der Waals surface area contributed by atoms with E-state index < -0.39 is 0 Å². The zero-order valence-corrected chi connectivity index (χ0v) is 9.43. The third-order valence-corrected chi connectivity index (χ3v) is 3.62. The van der Waals surface area contributed by atoms with E-state index in [1.807, 2.05) is 0 Å². The normalized spacial score (nSPS) is 34.8. The Hall–Kier alpha value is -0.0100. The highest BCUT2D eigenvalue weighted by Crippen LogP contribution is 2.30. The highest BCUT2D eigenvalue weighted by atomic mass is 35.5. The first-order valence-electron chi connectivity index (χ1n) is 5.78. The molecule has 0 spiro atoms. The van der Waals surface area contributed by atoms with E-state index in [1.165, 1.54) is 32.1 Å². The first kappa shape index (κ1) is 10.5. The van der Waals surface area contributed by atoms with E-state index in [2.05, 4.69) is 6.08 Å². The number of rotatable bonds is 1. The highest BCUT2D eigenvalue weighted by Gasteiger charge is 2.20. The van der Waals surface area contributed by atoms with Gasteiger partial charge in [-0.15, -0.1) is 11.6 Å². The van der Waals surface area contributed by atoms with Gasteiger partial charge >= 0.3 is 0 Å². The van der Waals surface area contributed by atoms with Crippen LogP contribution in [0.4, 0.5) is 0 Å². The molecule has 14 heavy (non-hydrogen) atoms. The molecule has 1 nitrogen and oxygen atoms in total. The molecule has 0 saturated carbocycles. The number of halogens is 1. The number of alkyl halides is 1. The van der Waals surface area contributed by atoms with E-state index in [0.29, 0.717) is 5.92 Å². The average molecular weight is 215 g/mol. The third-order valence-electron chi connectivity index (χ3n) is 3.27. The molecule has 1 aliphatic carbocycles. The van der Waals surface area contributed by atoms with Crippen molar-refractivity contribution in [1.82, 2.24) is 0 Å². The van der Waals surface area contributed by atoms with Gasteiger partial charge in [0.2, 0.25) is 0 Å². The fourth-order valence-electron chi connectivity index (χ4n) is 2.44. The maximum Gasteiger partial charge on any atom is 0.0531 e. The van der Waals surface area contributed by atoms with Crippen LogP contribution >= 0.6 is 11.6 Å². The van der Waals surface area contributed by atoms with Gasteiger partial charge in [-0.05, 0) is 32.1 Å². The van der Waals surface area contributed by atoms with Crippen LogP contribution in [0.5, 0.6) is 0 Å². The van der Waals surface area contributed by atoms with E-state index in [1.54, 1.807) is 5.57 Å². The molecule has 0 aromatic heterocycles. The Morgan fingerprint density at radius 3 is 2.93 bits per heavy atom. The van der Waals surface area contributed by atoms with Gasteiger partial charge in [0.25, 0.3) is 0 Å². The van der Waals surface area contributed by atoms with Gasteiger partial charge in [-0.3, -0.25) is 0 Å². The Bertz CT molecular complexity index is 206. The SMILES string of the molecule is ClC1C=C(C2CCCOC2)CCCC1. The second-order valence-electron chi connectivity index (χ2n) is 4.42. The Balaban J connectivity index is 1.98. The maximum absolute atomic E-state index is 6.22. The largest absolute Gasteiger partial charge is 0.381 e. The summed E-state index contributed by atoms with van der Waals surface area (Å²) in [5, 5.41) is 0.273. The van der Waals surface area contributed by atoms with E-state index in [0.717, 1.165) is 19.6 Å². The minimum absolute atomic E-state index is 0.273. The van der Waals surface area contributed by atoms with Gasteiger partial charge in [0, 0.05) is 12.5 Å². The number of hydrogen-bond donors (Lipinski definition) is 0. The molecule has 2 rings (SSSR count). The number of hydrogen-bond acceptors (Lipinski definition) is 1. The molecule has 0 aromatic carbocycles. The zero-order valence-electron chi connectivity index (χ0n) is 8.68. The van der Waals surface area contributed by atoms with Crippen molar-refractivity contribution in [1.29, 1.82) is 0 Å². The third kappa shape index (κ3) is 2.74. The van der Waals surface area contributed by atoms with Gasteiger partial charge < -0.3 is 4.74 Å². The monoisotopic (exact) mass is 214 g/mol. The Kier molecular flexibility index (Phi) is 3.89. The topological polar surface area (TPSA) is 9.23 Å². The standard InChI is InChI=1S/C12H19ClO/c13-12-6-2-1-4-10(8-12)11-5-3-7-14-9-11/h8,11-12H,1-7,9H2. The molecular weight excluding hydrogens is 196 g/mol. The predicted octanol–water partition coefficient (Wildman–Crippen LogP) is 3.52. The Labute approximate surface area is 91.5 Å². The first-order valence-corrected chi connectivity index (χ1v) is 6.22. The van der Waals surface area contributed by atoms with Crippen LogP contribution in [0.1, 0.15) is 38.5 Å². The van der Waals surface area contributed by atoms with Gasteiger partial charge in [-0.2, -0.15) is 0 Å². The van der Waals surface area contributed by atoms with Crippen molar-refractivity contribution in [2.24, 2.45) is 5.92 Å². The van der Waals surface area contributed by atoms with Crippen molar-refractivity contribution in [3.05, 3.63) is 11.6 Å². The van der Waals surface area contributed by atoms with E-state index in [4.69, 9.17) is 16.3 Å². The summed E-state index contributed by atoms with van der Waals surface area (Å²) in [6.45, 7) is 1.88. The van der Waals surface area contributed by atoms with Crippen LogP contribution in [0.25, 0.3) is 0 Å². The van der Waals surface area contributed by atoms with Crippen molar-refractivity contribution >= 4 is 11.6 Å². The molecule has 1 fully saturated rings. The van der Waals surface area contributed by atoms with Gasteiger partial charge in [0.1, 0.15) is 0 Å². The molecule has 1 aliphatic heterocycles. The lowest BCUT2D eigenvalue weighted by Gasteiger charge is -2.24. The molecule has 2 aliphatic rings. The highest BCUT2D eigenvalue weighted by molar-refractivity contribution is 6.21. The molecule has 0 N–H and O–H groups in total. The molecule has 2 atom stereocenters. The molecule has 0 bridgehead atoms. The quantitative estimate of drug-likeness (QED) is 0.480. The van der Waals surface area contributed by atoms with E-state index in [9.17, 15) is 0 Å². The van der Waals surface area contributed by atoms with Gasteiger partial charge in [0.05, 0.1) is 12.0 Å². The molecule has 2 unspecified atom stereocenters. The minimum atomic E-state index is 0.273. The average Bonchev–Trinajstić information content (AvgIpc) is 2.44. The summed E-state index contributed by atoms with van der Waals surface area (Å²) in [7, 11) is 0. The summed E-state index contributed by atoms with van der Waals surface area (Å²) in [5.74, 6) is 0.670. The molecular formula is C12H19ClO. The number of allylic oxidation sites excluding steroid dienone is 1. The molecule has 0 aromatic rings. The van der Waals surface area contributed by atoms with Gasteiger partial charge in [0.15, 0.2) is 0 Å². The fraction of sp³-hybridized carbons (Fsp3) is 0.833. The van der Waals surface area contributed by atoms with Crippen molar-refractivity contribution in [3.8, 4) is 0 Å². The summed E-state index contributed by atoms with van der Waals surface area (Å²) in [6, 6.07) is 0. The second kappa shape index (κ2) is 5.18. The van der Waals surface area contributed by atoms with Crippen LogP contribution in [0, 0.1) is 5.92 Å². The lowest BCUT2D eigenvalue weighted by molar-refractivity contribution is 0.0661. The summed E-state index contributed by atoms with van der Waals surface area (Å²) in [5.41, 5.74) is 1.57. The van der Waals surface area contributed by atoms with Gasteiger partial charge in [-0.1, -0.05) is 18.1 Å². The van der Waals surface area contributed by atoms with Crippen LogP contribution in [-0.2, 0) is 4.74 Å². The van der Waals surface area contributed by atoms with Crippen molar-refractivity contribution in [2.45, 2.75) is 43.9 Å². The van der Waals surface area contributed by atoms with Crippen LogP contribution in [-0.4, -0.2) is 18.6 Å². The van der Waals surface area contributed by atoms with Crippen LogP contribution in [0.15, 0.2) is 11.6 Å². The van der Waals surface area contributed by atoms with Crippen LogP contribution < -0.4 is 0 Å². The van der Waals surface area contributed by atoms with Crippen LogP contribution in [0.3, 0.4) is 0 Å². The van der Waals surface area contributed by atoms with E-state index in [-0.39, 0.29) is 5.38 Å². The maximum atomic E-state index is 6.22. The zero-order chi connectivity index (χ0) is 9.80. The second-order valence-corrected chi connectivity index (χ2v) is 4.98. The summed E-state index contributed by atoms with van der Waals surface area (Å²) >= 11 is 6.22. The molecule has 0 radical (unpaired) electrons. The van der Waals surface area contributed by atoms with Crippen molar-refractivity contribution in [3.63, 3.8) is 0 Å². The summed E-state index contributed by atoms with van der Waals surface area (Å²) in [4.78, 5) is 0. The summed E-state index contributed by atoms with van der Waals surface area (Å²) < 4.78 is 5.53. The summed E-state index contributed by atoms with van der Waals surface area (Å²) in [6.07, 6.45) is 9.81. The Morgan fingerprint density at radius 2 is 2.14 bits per heavy atom. The lowest BCUT2D eigenvalue weighted by Crippen LogP contribution is -2.19. The molecule has 0 amide bonds. The Morgan fingerprint density at radius 1 is 1.21 bits per heavy atom. The molecule has 80 valence electrons. The fourth-order valence-corrected chi connectivity index (χ4v) is 2.76. The van der Waals surface area contributed by atoms with Crippen molar-refractivity contribution in [2.75, 3.05) is 13.2 Å². The van der Waals surface area contributed by atoms with Crippen molar-refractivity contribution < 1.29 is 4.74 Å². The predicted molar refractivity (Wildman–Crippen MR) is 59.7 cm³/mol. The molecule has 1 saturated heterocycles. The first-order chi connectivity index (χ1) is 6.86. The molecule has 1 heterocycles. The molecule has 2 heteroatoms. The minimum Gasteiger partial charge on any atom is -0.381 e. The van der Waals surface area contributed by atoms with Gasteiger partial charge in [-0.25, -0.2) is 0 Å².